The van der Waals surface area contributed by atoms with E-state index in [1.54, 1.807) is 7.11 Å². The van der Waals surface area contributed by atoms with Crippen molar-refractivity contribution in [2.24, 2.45) is 5.73 Å². The van der Waals surface area contributed by atoms with E-state index in [1.807, 2.05) is 6.07 Å². The van der Waals surface area contributed by atoms with Crippen LogP contribution in [-0.4, -0.2) is 26.4 Å². The van der Waals surface area contributed by atoms with Crippen LogP contribution in [0.5, 0.6) is 5.75 Å². The van der Waals surface area contributed by atoms with Gasteiger partial charge in [-0.3, -0.25) is 0 Å². The molecule has 0 heterocycles. The number of hydrogen-bond acceptors (Lipinski definition) is 4. The standard InChI is InChI=1S/C13H18N2O3/c1-17-10-4-2-9-3-5-12(11(9)8-10)15-6-7-18-13(14)16/h2,4,8,12,15H,3,5-7H2,1H3,(H2,14,16). The lowest BCUT2D eigenvalue weighted by atomic mass is 10.1. The number of nitrogens with two attached hydrogens (primary N) is 1. The number of primary amides is 1. The molecule has 0 radical (unpaired) electrons. The van der Waals surface area contributed by atoms with Crippen LogP contribution in [0, 0.1) is 0 Å². The van der Waals surface area contributed by atoms with Gasteiger partial charge < -0.3 is 20.5 Å². The number of carbonyl (C=O) groups excluding carboxylic acids is 1. The third kappa shape index (κ3) is 2.92. The second kappa shape index (κ2) is 5.73. The molecule has 0 spiro atoms. The minimum atomic E-state index is -0.731. The van der Waals surface area contributed by atoms with Gasteiger partial charge in [0.1, 0.15) is 12.4 Å². The van der Waals surface area contributed by atoms with Gasteiger partial charge in [-0.15, -0.1) is 0 Å². The highest BCUT2D eigenvalue weighted by Gasteiger charge is 2.22. The van der Waals surface area contributed by atoms with Crippen molar-refractivity contribution in [3.05, 3.63) is 29.3 Å². The number of benzene rings is 1. The van der Waals surface area contributed by atoms with E-state index in [0.29, 0.717) is 19.2 Å². The zero-order valence-corrected chi connectivity index (χ0v) is 10.4. The summed E-state index contributed by atoms with van der Waals surface area (Å²) in [6.45, 7) is 0.898. The molecular formula is C13H18N2O3. The van der Waals surface area contributed by atoms with Crippen molar-refractivity contribution < 1.29 is 14.3 Å². The second-order valence-corrected chi connectivity index (χ2v) is 4.28. The van der Waals surface area contributed by atoms with E-state index in [1.165, 1.54) is 11.1 Å². The molecule has 0 saturated heterocycles. The number of rotatable bonds is 5. The Labute approximate surface area is 106 Å². The van der Waals surface area contributed by atoms with Crippen LogP contribution in [0.2, 0.25) is 0 Å². The SMILES string of the molecule is COc1ccc2c(c1)C(NCCOC(N)=O)CC2. The summed E-state index contributed by atoms with van der Waals surface area (Å²) in [6.07, 6.45) is 1.39. The van der Waals surface area contributed by atoms with Gasteiger partial charge >= 0.3 is 6.09 Å². The second-order valence-electron chi connectivity index (χ2n) is 4.28. The molecule has 0 bridgehead atoms. The lowest BCUT2D eigenvalue weighted by molar-refractivity contribution is 0.156. The Morgan fingerprint density at radius 3 is 3.11 bits per heavy atom. The van der Waals surface area contributed by atoms with Gasteiger partial charge in [0.15, 0.2) is 0 Å². The first-order chi connectivity index (χ1) is 8.70. The maximum Gasteiger partial charge on any atom is 0.404 e. The molecule has 1 aliphatic rings. The van der Waals surface area contributed by atoms with E-state index in [2.05, 4.69) is 22.2 Å². The fourth-order valence-corrected chi connectivity index (χ4v) is 2.30. The van der Waals surface area contributed by atoms with Crippen LogP contribution in [0.4, 0.5) is 4.79 Å². The zero-order valence-electron chi connectivity index (χ0n) is 10.4. The summed E-state index contributed by atoms with van der Waals surface area (Å²) in [5.41, 5.74) is 7.52. The molecule has 0 fully saturated rings. The van der Waals surface area contributed by atoms with Crippen LogP contribution in [0.15, 0.2) is 18.2 Å². The van der Waals surface area contributed by atoms with E-state index in [4.69, 9.17) is 10.5 Å². The van der Waals surface area contributed by atoms with Gasteiger partial charge in [-0.1, -0.05) is 6.07 Å². The highest BCUT2D eigenvalue weighted by molar-refractivity contribution is 5.64. The molecule has 18 heavy (non-hydrogen) atoms. The van der Waals surface area contributed by atoms with Crippen molar-refractivity contribution >= 4 is 6.09 Å². The molecule has 1 amide bonds. The number of carbonyl (C=O) groups is 1. The molecule has 2 rings (SSSR count). The van der Waals surface area contributed by atoms with Crippen LogP contribution >= 0.6 is 0 Å². The lowest BCUT2D eigenvalue weighted by Gasteiger charge is -2.14. The summed E-state index contributed by atoms with van der Waals surface area (Å²) in [7, 11) is 1.67. The van der Waals surface area contributed by atoms with E-state index < -0.39 is 6.09 Å². The molecule has 1 aliphatic carbocycles. The van der Waals surface area contributed by atoms with Gasteiger partial charge in [0.25, 0.3) is 0 Å². The van der Waals surface area contributed by atoms with Crippen molar-refractivity contribution in [2.45, 2.75) is 18.9 Å². The fraction of sp³-hybridized carbons (Fsp3) is 0.462. The van der Waals surface area contributed by atoms with Crippen LogP contribution < -0.4 is 15.8 Å². The first-order valence-corrected chi connectivity index (χ1v) is 6.03. The van der Waals surface area contributed by atoms with Gasteiger partial charge in [-0.05, 0) is 36.1 Å². The van der Waals surface area contributed by atoms with Crippen molar-refractivity contribution in [3.8, 4) is 5.75 Å². The monoisotopic (exact) mass is 250 g/mol. The summed E-state index contributed by atoms with van der Waals surface area (Å²) in [4.78, 5) is 10.4. The van der Waals surface area contributed by atoms with Gasteiger partial charge in [0, 0.05) is 12.6 Å². The number of methoxy groups -OCH3 is 1. The molecular weight excluding hydrogens is 232 g/mol. The molecule has 1 atom stereocenters. The molecule has 0 aliphatic heterocycles. The van der Waals surface area contributed by atoms with E-state index >= 15 is 0 Å². The molecule has 3 N–H and O–H groups in total. The first kappa shape index (κ1) is 12.7. The number of hydrogen-bond donors (Lipinski definition) is 2. The number of fused-ring (bicyclic) bond motifs is 1. The average Bonchev–Trinajstić information content (AvgIpc) is 2.76. The Hall–Kier alpha value is -1.75. The van der Waals surface area contributed by atoms with Gasteiger partial charge in [-0.25, -0.2) is 4.79 Å². The summed E-state index contributed by atoms with van der Waals surface area (Å²) >= 11 is 0. The van der Waals surface area contributed by atoms with Gasteiger partial charge in [0.2, 0.25) is 0 Å². The average molecular weight is 250 g/mol. The minimum absolute atomic E-state index is 0.297. The molecule has 5 heteroatoms. The summed E-state index contributed by atoms with van der Waals surface area (Å²) in [5, 5.41) is 3.36. The number of nitrogens with one attached hydrogen (secondary N) is 1. The van der Waals surface area contributed by atoms with E-state index in [9.17, 15) is 4.79 Å². The zero-order chi connectivity index (χ0) is 13.0. The summed E-state index contributed by atoms with van der Waals surface area (Å²) in [5.74, 6) is 0.871. The van der Waals surface area contributed by atoms with E-state index in [0.717, 1.165) is 18.6 Å². The maximum atomic E-state index is 10.4. The van der Waals surface area contributed by atoms with Crippen molar-refractivity contribution in [1.82, 2.24) is 5.32 Å². The molecule has 98 valence electrons. The minimum Gasteiger partial charge on any atom is -0.497 e. The Kier molecular flexibility index (Phi) is 4.04. The topological polar surface area (TPSA) is 73.6 Å². The van der Waals surface area contributed by atoms with E-state index in [-0.39, 0.29) is 0 Å². The Morgan fingerprint density at radius 1 is 1.56 bits per heavy atom. The maximum absolute atomic E-state index is 10.4. The van der Waals surface area contributed by atoms with Crippen molar-refractivity contribution in [1.29, 1.82) is 0 Å². The number of amides is 1. The predicted octanol–water partition coefficient (Wildman–Crippen LogP) is 1.37. The molecule has 1 aromatic carbocycles. The quantitative estimate of drug-likeness (QED) is 0.774. The molecule has 0 aromatic heterocycles. The molecule has 5 nitrogen and oxygen atoms in total. The highest BCUT2D eigenvalue weighted by atomic mass is 16.5. The normalized spacial score (nSPS) is 17.3. The molecule has 1 aromatic rings. The predicted molar refractivity (Wildman–Crippen MR) is 67.6 cm³/mol. The molecule has 1 unspecified atom stereocenters. The van der Waals surface area contributed by atoms with Crippen LogP contribution in [0.25, 0.3) is 0 Å². The number of aryl methyl sites for hydroxylation is 1. The van der Waals surface area contributed by atoms with Crippen molar-refractivity contribution in [2.75, 3.05) is 20.3 Å². The highest BCUT2D eigenvalue weighted by Crippen LogP contribution is 2.33. The lowest BCUT2D eigenvalue weighted by Crippen LogP contribution is -2.26. The smallest absolute Gasteiger partial charge is 0.404 e. The van der Waals surface area contributed by atoms with Crippen molar-refractivity contribution in [3.63, 3.8) is 0 Å². The van der Waals surface area contributed by atoms with Crippen LogP contribution in [-0.2, 0) is 11.2 Å². The van der Waals surface area contributed by atoms with Gasteiger partial charge in [0.05, 0.1) is 7.11 Å². The third-order valence-electron chi connectivity index (χ3n) is 3.17. The Morgan fingerprint density at radius 2 is 2.39 bits per heavy atom. The summed E-state index contributed by atoms with van der Waals surface area (Å²) in [6, 6.07) is 6.45. The first-order valence-electron chi connectivity index (χ1n) is 6.03. The van der Waals surface area contributed by atoms with Gasteiger partial charge in [-0.2, -0.15) is 0 Å². The Bertz CT molecular complexity index is 434. The largest absolute Gasteiger partial charge is 0.497 e. The molecule has 0 saturated carbocycles. The van der Waals surface area contributed by atoms with Crippen LogP contribution in [0.3, 0.4) is 0 Å². The Balaban J connectivity index is 1.91. The fourth-order valence-electron chi connectivity index (χ4n) is 2.30. The third-order valence-corrected chi connectivity index (χ3v) is 3.17. The summed E-state index contributed by atoms with van der Waals surface area (Å²) < 4.78 is 9.92. The number of ether oxygens (including phenoxy) is 2. The van der Waals surface area contributed by atoms with Crippen LogP contribution in [0.1, 0.15) is 23.6 Å².